The first kappa shape index (κ1) is 24.8. The molecule has 0 saturated carbocycles. The topological polar surface area (TPSA) is 114 Å². The minimum absolute atomic E-state index is 0.124. The molecule has 1 unspecified atom stereocenters. The summed E-state index contributed by atoms with van der Waals surface area (Å²) in [5, 5.41) is 24.8. The number of hydrogen-bond donors (Lipinski definition) is 1. The Hall–Kier alpha value is -3.80. The van der Waals surface area contributed by atoms with Gasteiger partial charge in [0.2, 0.25) is 0 Å². The van der Waals surface area contributed by atoms with Crippen molar-refractivity contribution in [3.8, 4) is 17.6 Å². The number of methoxy groups -OCH3 is 2. The van der Waals surface area contributed by atoms with E-state index >= 15 is 0 Å². The molecule has 3 aromatic rings. The van der Waals surface area contributed by atoms with Crippen molar-refractivity contribution in [2.75, 3.05) is 19.5 Å². The third kappa shape index (κ3) is 5.06. The minimum atomic E-state index is -0.728. The van der Waals surface area contributed by atoms with Gasteiger partial charge in [-0.2, -0.15) is 5.26 Å². The van der Waals surface area contributed by atoms with Crippen LogP contribution in [0.3, 0.4) is 0 Å². The molecule has 0 fully saturated rings. The summed E-state index contributed by atoms with van der Waals surface area (Å²) < 4.78 is 10.3. The maximum Gasteiger partial charge on any atom is 0.286 e. The van der Waals surface area contributed by atoms with Crippen LogP contribution in [-0.2, 0) is 0 Å². The molecule has 0 aliphatic carbocycles. The van der Waals surface area contributed by atoms with Gasteiger partial charge in [-0.1, -0.05) is 41.4 Å². The van der Waals surface area contributed by atoms with E-state index in [1.54, 1.807) is 37.3 Å². The number of nitrogens with one attached hydrogen (secondary N) is 1. The van der Waals surface area contributed by atoms with Gasteiger partial charge in [0.25, 0.3) is 11.6 Å². The van der Waals surface area contributed by atoms with Gasteiger partial charge in [-0.05, 0) is 41.8 Å². The van der Waals surface area contributed by atoms with E-state index in [1.807, 2.05) is 0 Å². The number of carbonyl (C=O) groups excluding carboxylic acids is 1. The summed E-state index contributed by atoms with van der Waals surface area (Å²) in [7, 11) is 2.70. The zero-order valence-corrected chi connectivity index (χ0v) is 19.9. The number of nitro benzene ring substituents is 1. The average Bonchev–Trinajstić information content (AvgIpc) is 2.82. The Bertz CT molecular complexity index is 1300. The molecule has 3 aromatic carbocycles. The molecular formula is C24H19Cl2N3O5. The van der Waals surface area contributed by atoms with Crippen molar-refractivity contribution in [1.82, 2.24) is 0 Å². The predicted molar refractivity (Wildman–Crippen MR) is 129 cm³/mol. The van der Waals surface area contributed by atoms with Crippen molar-refractivity contribution in [1.29, 1.82) is 5.26 Å². The lowest BCUT2D eigenvalue weighted by atomic mass is 9.91. The molecule has 0 aromatic heterocycles. The molecule has 34 heavy (non-hydrogen) atoms. The number of carbonyl (C=O) groups is 1. The van der Waals surface area contributed by atoms with Crippen LogP contribution in [0.1, 0.15) is 33.0 Å². The Morgan fingerprint density at radius 3 is 2.26 bits per heavy atom. The number of amides is 1. The second-order valence-electron chi connectivity index (χ2n) is 7.24. The maximum absolute atomic E-state index is 13.0. The quantitative estimate of drug-likeness (QED) is 0.308. The number of hydrogen-bond acceptors (Lipinski definition) is 6. The Labute approximate surface area is 205 Å². The highest BCUT2D eigenvalue weighted by molar-refractivity contribution is 6.32. The van der Waals surface area contributed by atoms with E-state index in [-0.39, 0.29) is 22.1 Å². The van der Waals surface area contributed by atoms with E-state index in [0.29, 0.717) is 27.4 Å². The second kappa shape index (κ2) is 10.4. The average molecular weight is 500 g/mol. The van der Waals surface area contributed by atoms with Crippen LogP contribution in [0.2, 0.25) is 10.0 Å². The van der Waals surface area contributed by atoms with Crippen LogP contribution < -0.4 is 14.8 Å². The molecule has 0 spiro atoms. The van der Waals surface area contributed by atoms with E-state index in [4.69, 9.17) is 32.7 Å². The number of halogens is 2. The summed E-state index contributed by atoms with van der Waals surface area (Å²) in [5.74, 6) is -1.09. The zero-order chi connectivity index (χ0) is 25.0. The minimum Gasteiger partial charge on any atom is -0.493 e. The van der Waals surface area contributed by atoms with Crippen LogP contribution >= 0.6 is 23.2 Å². The molecule has 0 heterocycles. The number of aryl methyl sites for hydroxylation is 1. The van der Waals surface area contributed by atoms with Crippen LogP contribution in [0, 0.1) is 28.4 Å². The number of ether oxygens (including phenoxy) is 2. The van der Waals surface area contributed by atoms with Crippen molar-refractivity contribution in [2.45, 2.75) is 12.8 Å². The van der Waals surface area contributed by atoms with E-state index in [9.17, 15) is 20.2 Å². The predicted octanol–water partition coefficient (Wildman–Crippen LogP) is 6.14. The van der Waals surface area contributed by atoms with Crippen molar-refractivity contribution < 1.29 is 19.2 Å². The lowest BCUT2D eigenvalue weighted by molar-refractivity contribution is -0.385. The van der Waals surface area contributed by atoms with E-state index in [1.165, 1.54) is 26.4 Å². The van der Waals surface area contributed by atoms with Crippen LogP contribution in [-0.4, -0.2) is 25.1 Å². The van der Waals surface area contributed by atoms with Crippen LogP contribution in [0.15, 0.2) is 48.5 Å². The molecule has 0 aliphatic rings. The fourth-order valence-corrected chi connectivity index (χ4v) is 3.83. The van der Waals surface area contributed by atoms with Crippen LogP contribution in [0.4, 0.5) is 11.4 Å². The van der Waals surface area contributed by atoms with Crippen molar-refractivity contribution in [3.63, 3.8) is 0 Å². The normalized spacial score (nSPS) is 11.3. The smallest absolute Gasteiger partial charge is 0.286 e. The number of benzene rings is 3. The highest BCUT2D eigenvalue weighted by Gasteiger charge is 2.26. The molecule has 0 aliphatic heterocycles. The molecule has 0 bridgehead atoms. The van der Waals surface area contributed by atoms with Gasteiger partial charge >= 0.3 is 0 Å². The van der Waals surface area contributed by atoms with Crippen molar-refractivity contribution >= 4 is 40.5 Å². The molecule has 1 atom stereocenters. The summed E-state index contributed by atoms with van der Waals surface area (Å²) in [6, 6.07) is 14.7. The Balaban J connectivity index is 1.98. The SMILES string of the molecule is COc1cc(C(=O)Nc2cc(Cl)c(C(C#N)c3ccc(Cl)cc3)cc2C)c([N+](=O)[O-])cc1OC. The molecule has 0 saturated heterocycles. The summed E-state index contributed by atoms with van der Waals surface area (Å²) >= 11 is 12.4. The van der Waals surface area contributed by atoms with Gasteiger partial charge in [0.1, 0.15) is 5.56 Å². The fourth-order valence-electron chi connectivity index (χ4n) is 3.43. The number of nitrogens with zero attached hydrogens (tertiary/aromatic N) is 2. The molecule has 174 valence electrons. The largest absolute Gasteiger partial charge is 0.493 e. The maximum atomic E-state index is 13.0. The third-order valence-corrected chi connectivity index (χ3v) is 5.76. The Morgan fingerprint density at radius 1 is 1.09 bits per heavy atom. The number of nitriles is 1. The van der Waals surface area contributed by atoms with E-state index in [2.05, 4.69) is 11.4 Å². The molecule has 10 heteroatoms. The Kier molecular flexibility index (Phi) is 7.61. The first-order valence-corrected chi connectivity index (χ1v) is 10.6. The van der Waals surface area contributed by atoms with Crippen LogP contribution in [0.5, 0.6) is 11.5 Å². The van der Waals surface area contributed by atoms with Gasteiger partial charge in [0, 0.05) is 21.8 Å². The molecule has 1 amide bonds. The van der Waals surface area contributed by atoms with E-state index < -0.39 is 22.4 Å². The summed E-state index contributed by atoms with van der Waals surface area (Å²) in [6.07, 6.45) is 0. The summed E-state index contributed by atoms with van der Waals surface area (Å²) in [6.45, 7) is 1.73. The molecule has 0 radical (unpaired) electrons. The van der Waals surface area contributed by atoms with E-state index in [0.717, 1.165) is 6.07 Å². The lowest BCUT2D eigenvalue weighted by Crippen LogP contribution is -2.15. The third-order valence-electron chi connectivity index (χ3n) is 5.18. The van der Waals surface area contributed by atoms with Gasteiger partial charge < -0.3 is 14.8 Å². The number of nitro groups is 1. The first-order valence-electron chi connectivity index (χ1n) is 9.87. The Morgan fingerprint density at radius 2 is 1.71 bits per heavy atom. The fraction of sp³-hybridized carbons (Fsp3) is 0.167. The highest BCUT2D eigenvalue weighted by Crippen LogP contribution is 2.37. The first-order chi connectivity index (χ1) is 16.2. The van der Waals surface area contributed by atoms with Gasteiger partial charge in [-0.3, -0.25) is 14.9 Å². The zero-order valence-electron chi connectivity index (χ0n) is 18.4. The summed E-state index contributed by atoms with van der Waals surface area (Å²) in [4.78, 5) is 23.8. The monoisotopic (exact) mass is 499 g/mol. The van der Waals surface area contributed by atoms with Crippen molar-refractivity contribution in [2.24, 2.45) is 0 Å². The molecule has 1 N–H and O–H groups in total. The van der Waals surface area contributed by atoms with Gasteiger partial charge in [0.15, 0.2) is 11.5 Å². The highest BCUT2D eigenvalue weighted by atomic mass is 35.5. The standard InChI is InChI=1S/C24H19Cl2N3O5/c1-13-8-16(18(12-27)14-4-6-15(25)7-5-14)19(26)10-20(13)28-24(30)17-9-22(33-2)23(34-3)11-21(17)29(31)32/h4-11,18H,1-3H3,(H,28,30). The number of rotatable bonds is 7. The second-order valence-corrected chi connectivity index (χ2v) is 8.08. The lowest BCUT2D eigenvalue weighted by Gasteiger charge is -2.16. The van der Waals surface area contributed by atoms with Gasteiger partial charge in [-0.15, -0.1) is 0 Å². The van der Waals surface area contributed by atoms with Crippen LogP contribution in [0.25, 0.3) is 0 Å². The molecule has 8 nitrogen and oxygen atoms in total. The van der Waals surface area contributed by atoms with Crippen molar-refractivity contribution in [3.05, 3.63) is 90.9 Å². The molecular weight excluding hydrogens is 481 g/mol. The molecule has 3 rings (SSSR count). The summed E-state index contributed by atoms with van der Waals surface area (Å²) in [5.41, 5.74) is 1.58. The number of anilines is 1. The van der Waals surface area contributed by atoms with Gasteiger partial charge in [-0.25, -0.2) is 0 Å². The van der Waals surface area contributed by atoms with Gasteiger partial charge in [0.05, 0.1) is 37.2 Å².